The number of likely N-dealkylation sites (tertiary alicyclic amines) is 1. The zero-order valence-electron chi connectivity index (χ0n) is 20.9. The highest BCUT2D eigenvalue weighted by atomic mass is 32.1. The number of hydrogen-bond acceptors (Lipinski definition) is 7. The molecule has 190 valence electrons. The summed E-state index contributed by atoms with van der Waals surface area (Å²) in [6, 6.07) is 18.9. The maximum Gasteiger partial charge on any atom is 0.225 e. The van der Waals surface area contributed by atoms with Crippen LogP contribution in [0.15, 0.2) is 54.6 Å². The third kappa shape index (κ3) is 6.42. The standard InChI is InChI=1S/C28H35N5O2S/c1-35-25-11-5-9-22(17-25)18-26-30-28(36-31-26)33-14-6-10-23(20-33)27(34)29-24-12-15-32(16-13-24)19-21-7-3-2-4-8-21/h2-5,7-9,11,17,23-24H,6,10,12-16,18-20H2,1H3,(H,29,34). The monoisotopic (exact) mass is 505 g/mol. The molecule has 3 heterocycles. The van der Waals surface area contributed by atoms with Gasteiger partial charge in [0.1, 0.15) is 11.6 Å². The molecule has 2 fully saturated rings. The second-order valence-corrected chi connectivity index (χ2v) is 10.6. The molecular weight excluding hydrogens is 470 g/mol. The smallest absolute Gasteiger partial charge is 0.225 e. The van der Waals surface area contributed by atoms with Crippen LogP contribution in [0, 0.1) is 5.92 Å². The molecule has 2 aromatic carbocycles. The molecule has 1 atom stereocenters. The largest absolute Gasteiger partial charge is 0.497 e. The van der Waals surface area contributed by atoms with Gasteiger partial charge >= 0.3 is 0 Å². The van der Waals surface area contributed by atoms with Crippen LogP contribution in [0.4, 0.5) is 5.13 Å². The van der Waals surface area contributed by atoms with E-state index in [4.69, 9.17) is 9.72 Å². The number of benzene rings is 2. The highest BCUT2D eigenvalue weighted by Crippen LogP contribution is 2.26. The first kappa shape index (κ1) is 24.7. The van der Waals surface area contributed by atoms with E-state index in [1.807, 2.05) is 18.2 Å². The Balaban J connectivity index is 1.10. The van der Waals surface area contributed by atoms with Crippen molar-refractivity contribution in [2.24, 2.45) is 5.92 Å². The Kier molecular flexibility index (Phi) is 8.13. The predicted octanol–water partition coefficient (Wildman–Crippen LogP) is 4.13. The number of nitrogens with zero attached hydrogens (tertiary/aromatic N) is 4. The quantitative estimate of drug-likeness (QED) is 0.496. The summed E-state index contributed by atoms with van der Waals surface area (Å²) in [7, 11) is 1.68. The lowest BCUT2D eigenvalue weighted by molar-refractivity contribution is -0.126. The van der Waals surface area contributed by atoms with Gasteiger partial charge in [-0.05, 0) is 48.9 Å². The van der Waals surface area contributed by atoms with Gasteiger partial charge in [0.2, 0.25) is 11.0 Å². The van der Waals surface area contributed by atoms with Crippen LogP contribution < -0.4 is 15.0 Å². The van der Waals surface area contributed by atoms with E-state index < -0.39 is 0 Å². The Labute approximate surface area is 217 Å². The summed E-state index contributed by atoms with van der Waals surface area (Å²) in [6.07, 6.45) is 4.63. The summed E-state index contributed by atoms with van der Waals surface area (Å²) in [5, 5.41) is 4.27. The molecule has 1 N–H and O–H groups in total. The van der Waals surface area contributed by atoms with Crippen molar-refractivity contribution in [1.82, 2.24) is 19.6 Å². The van der Waals surface area contributed by atoms with Crippen molar-refractivity contribution >= 4 is 22.6 Å². The molecule has 1 unspecified atom stereocenters. The van der Waals surface area contributed by atoms with Gasteiger partial charge in [0, 0.05) is 56.7 Å². The third-order valence-corrected chi connectivity index (χ3v) is 8.01. The number of amides is 1. The lowest BCUT2D eigenvalue weighted by atomic mass is 9.96. The molecule has 3 aromatic rings. The summed E-state index contributed by atoms with van der Waals surface area (Å²) in [6.45, 7) is 4.68. The van der Waals surface area contributed by atoms with E-state index in [1.165, 1.54) is 17.1 Å². The molecule has 1 amide bonds. The molecule has 36 heavy (non-hydrogen) atoms. The van der Waals surface area contributed by atoms with Crippen LogP contribution >= 0.6 is 11.5 Å². The van der Waals surface area contributed by atoms with Crippen LogP contribution in [-0.4, -0.2) is 59.5 Å². The van der Waals surface area contributed by atoms with Crippen molar-refractivity contribution in [3.63, 3.8) is 0 Å². The Morgan fingerprint density at radius 1 is 1.06 bits per heavy atom. The van der Waals surface area contributed by atoms with E-state index in [2.05, 4.69) is 55.9 Å². The van der Waals surface area contributed by atoms with Crippen molar-refractivity contribution in [3.8, 4) is 5.75 Å². The Morgan fingerprint density at radius 2 is 1.86 bits per heavy atom. The van der Waals surface area contributed by atoms with Gasteiger partial charge in [0.15, 0.2) is 0 Å². The van der Waals surface area contributed by atoms with Gasteiger partial charge < -0.3 is 15.0 Å². The number of nitrogens with one attached hydrogen (secondary N) is 1. The maximum absolute atomic E-state index is 13.1. The molecule has 0 aliphatic carbocycles. The van der Waals surface area contributed by atoms with Crippen LogP contribution in [0.3, 0.4) is 0 Å². The van der Waals surface area contributed by atoms with Crippen molar-refractivity contribution in [1.29, 1.82) is 0 Å². The second-order valence-electron chi connectivity index (χ2n) is 9.85. The van der Waals surface area contributed by atoms with Crippen LogP contribution in [0.1, 0.15) is 42.6 Å². The molecule has 5 rings (SSSR count). The molecule has 1 aromatic heterocycles. The number of rotatable bonds is 8. The fourth-order valence-corrected chi connectivity index (χ4v) is 5.89. The van der Waals surface area contributed by atoms with Gasteiger partial charge in [0.25, 0.3) is 0 Å². The number of ether oxygens (including phenoxy) is 1. The minimum atomic E-state index is 0.00633. The fourth-order valence-electron chi connectivity index (χ4n) is 5.17. The first-order valence-corrected chi connectivity index (χ1v) is 13.7. The molecule has 2 aliphatic heterocycles. The van der Waals surface area contributed by atoms with Crippen molar-refractivity contribution in [2.45, 2.75) is 44.7 Å². The van der Waals surface area contributed by atoms with Crippen LogP contribution in [0.2, 0.25) is 0 Å². The number of hydrogen-bond donors (Lipinski definition) is 1. The normalized spacial score (nSPS) is 19.2. The average Bonchev–Trinajstić information content (AvgIpc) is 3.39. The molecule has 2 aliphatic rings. The van der Waals surface area contributed by atoms with Gasteiger partial charge in [-0.15, -0.1) is 0 Å². The average molecular weight is 506 g/mol. The summed E-state index contributed by atoms with van der Waals surface area (Å²) in [4.78, 5) is 22.6. The van der Waals surface area contributed by atoms with E-state index in [9.17, 15) is 4.79 Å². The summed E-state index contributed by atoms with van der Waals surface area (Å²) in [5.74, 6) is 1.86. The van der Waals surface area contributed by atoms with Gasteiger partial charge in [0.05, 0.1) is 13.0 Å². The maximum atomic E-state index is 13.1. The van der Waals surface area contributed by atoms with E-state index >= 15 is 0 Å². The predicted molar refractivity (Wildman–Crippen MR) is 144 cm³/mol. The molecule has 2 saturated heterocycles. The number of carbonyl (C=O) groups is 1. The number of piperidine rings is 2. The van der Waals surface area contributed by atoms with E-state index in [1.54, 1.807) is 7.11 Å². The minimum Gasteiger partial charge on any atom is -0.497 e. The lowest BCUT2D eigenvalue weighted by Crippen LogP contribution is -2.49. The van der Waals surface area contributed by atoms with Crippen molar-refractivity contribution in [2.75, 3.05) is 38.2 Å². The number of aromatic nitrogens is 2. The topological polar surface area (TPSA) is 70.6 Å². The number of anilines is 1. The lowest BCUT2D eigenvalue weighted by Gasteiger charge is -2.35. The molecule has 0 radical (unpaired) electrons. The first-order chi connectivity index (χ1) is 17.7. The first-order valence-electron chi connectivity index (χ1n) is 12.9. The Morgan fingerprint density at radius 3 is 2.67 bits per heavy atom. The van der Waals surface area contributed by atoms with Crippen LogP contribution in [-0.2, 0) is 17.8 Å². The molecule has 0 bridgehead atoms. The summed E-state index contributed by atoms with van der Waals surface area (Å²) < 4.78 is 9.91. The summed E-state index contributed by atoms with van der Waals surface area (Å²) in [5.41, 5.74) is 2.48. The van der Waals surface area contributed by atoms with Crippen LogP contribution in [0.25, 0.3) is 0 Å². The fraction of sp³-hybridized carbons (Fsp3) is 0.464. The molecular formula is C28H35N5O2S. The highest BCUT2D eigenvalue weighted by molar-refractivity contribution is 7.09. The van der Waals surface area contributed by atoms with Crippen LogP contribution in [0.5, 0.6) is 5.75 Å². The zero-order valence-corrected chi connectivity index (χ0v) is 21.8. The molecule has 0 saturated carbocycles. The Hall–Kier alpha value is -2.97. The van der Waals surface area contributed by atoms with E-state index in [0.717, 1.165) is 74.1 Å². The SMILES string of the molecule is COc1cccc(Cc2nsc(N3CCCC(C(=O)NC4CCN(Cc5ccccc5)CC4)C3)n2)c1. The van der Waals surface area contributed by atoms with Gasteiger partial charge in [-0.25, -0.2) is 4.98 Å². The highest BCUT2D eigenvalue weighted by Gasteiger charge is 2.30. The molecule has 8 heteroatoms. The van der Waals surface area contributed by atoms with Crippen molar-refractivity contribution < 1.29 is 9.53 Å². The van der Waals surface area contributed by atoms with E-state index in [-0.39, 0.29) is 17.9 Å². The molecule has 0 spiro atoms. The summed E-state index contributed by atoms with van der Waals surface area (Å²) >= 11 is 1.43. The van der Waals surface area contributed by atoms with Gasteiger partial charge in [-0.1, -0.05) is 42.5 Å². The third-order valence-electron chi connectivity index (χ3n) is 7.20. The van der Waals surface area contributed by atoms with E-state index in [0.29, 0.717) is 13.0 Å². The number of methoxy groups -OCH3 is 1. The minimum absolute atomic E-state index is 0.00633. The molecule has 7 nitrogen and oxygen atoms in total. The second kappa shape index (κ2) is 11.8. The van der Waals surface area contributed by atoms with Gasteiger partial charge in [-0.2, -0.15) is 4.37 Å². The zero-order chi connectivity index (χ0) is 24.7. The Bertz CT molecular complexity index is 1130. The van der Waals surface area contributed by atoms with Crippen molar-refractivity contribution in [3.05, 3.63) is 71.5 Å². The van der Waals surface area contributed by atoms with Gasteiger partial charge in [-0.3, -0.25) is 9.69 Å². The number of carbonyl (C=O) groups excluding carboxylic acids is 1.